The summed E-state index contributed by atoms with van der Waals surface area (Å²) in [6.07, 6.45) is 1.29. The van der Waals surface area contributed by atoms with Gasteiger partial charge in [0.25, 0.3) is 5.91 Å². The molecule has 74 valence electrons. The molecule has 14 heavy (non-hydrogen) atoms. The van der Waals surface area contributed by atoms with Gasteiger partial charge in [0.05, 0.1) is 5.56 Å². The molecule has 0 aliphatic rings. The van der Waals surface area contributed by atoms with Crippen molar-refractivity contribution in [2.75, 3.05) is 14.1 Å². The predicted octanol–water partition coefficient (Wildman–Crippen LogP) is -0.118. The van der Waals surface area contributed by atoms with Gasteiger partial charge in [0.2, 0.25) is 5.91 Å². The Labute approximate surface area is 81.5 Å². The van der Waals surface area contributed by atoms with Crippen molar-refractivity contribution >= 4 is 11.8 Å². The zero-order valence-corrected chi connectivity index (χ0v) is 8.02. The number of carbonyl (C=O) groups is 2. The number of primary amides is 1. The van der Waals surface area contributed by atoms with E-state index < -0.39 is 5.91 Å². The summed E-state index contributed by atoms with van der Waals surface area (Å²) in [6.45, 7) is 0. The van der Waals surface area contributed by atoms with Gasteiger partial charge in [-0.15, -0.1) is 0 Å². The molecule has 0 unspecified atom stereocenters. The fourth-order valence-corrected chi connectivity index (χ4v) is 0.895. The number of carbonyl (C=O) groups excluding carboxylic acids is 2. The molecule has 0 saturated carbocycles. The average molecular weight is 193 g/mol. The fourth-order valence-electron chi connectivity index (χ4n) is 0.895. The van der Waals surface area contributed by atoms with Crippen LogP contribution < -0.4 is 5.73 Å². The SMILES string of the molecule is CN(C)C(=O)c1ccc(C(N)=O)cn1. The normalized spacial score (nSPS) is 9.57. The Morgan fingerprint density at radius 2 is 2.00 bits per heavy atom. The summed E-state index contributed by atoms with van der Waals surface area (Å²) in [6, 6.07) is 2.95. The van der Waals surface area contributed by atoms with Crippen molar-refractivity contribution in [3.05, 3.63) is 29.6 Å². The maximum Gasteiger partial charge on any atom is 0.271 e. The highest BCUT2D eigenvalue weighted by Gasteiger charge is 2.09. The summed E-state index contributed by atoms with van der Waals surface area (Å²) < 4.78 is 0. The second-order valence-electron chi connectivity index (χ2n) is 3.00. The molecule has 5 nitrogen and oxygen atoms in total. The van der Waals surface area contributed by atoms with Crippen LogP contribution in [0.3, 0.4) is 0 Å². The average Bonchev–Trinajstić information content (AvgIpc) is 2.16. The molecule has 2 N–H and O–H groups in total. The minimum absolute atomic E-state index is 0.207. The van der Waals surface area contributed by atoms with Crippen molar-refractivity contribution in [2.24, 2.45) is 5.73 Å². The van der Waals surface area contributed by atoms with Crippen LogP contribution in [0.4, 0.5) is 0 Å². The molecule has 5 heteroatoms. The van der Waals surface area contributed by atoms with Crippen LogP contribution in [0.15, 0.2) is 18.3 Å². The van der Waals surface area contributed by atoms with Crippen LogP contribution in [0.25, 0.3) is 0 Å². The lowest BCUT2D eigenvalue weighted by Gasteiger charge is -2.08. The second kappa shape index (κ2) is 3.87. The van der Waals surface area contributed by atoms with Gasteiger partial charge in [-0.05, 0) is 12.1 Å². The summed E-state index contributed by atoms with van der Waals surface area (Å²) in [5, 5.41) is 0. The summed E-state index contributed by atoms with van der Waals surface area (Å²) >= 11 is 0. The standard InChI is InChI=1S/C9H11N3O2/c1-12(2)9(14)7-4-3-6(5-11-7)8(10)13/h3-5H,1-2H3,(H2,10,13). The Balaban J connectivity index is 2.94. The number of nitrogens with two attached hydrogens (primary N) is 1. The first-order chi connectivity index (χ1) is 6.52. The van der Waals surface area contributed by atoms with Crippen LogP contribution in [0.1, 0.15) is 20.8 Å². The van der Waals surface area contributed by atoms with Gasteiger partial charge in [-0.1, -0.05) is 0 Å². The Hall–Kier alpha value is -1.91. The van der Waals surface area contributed by atoms with E-state index in [9.17, 15) is 9.59 Å². The van der Waals surface area contributed by atoms with E-state index in [1.807, 2.05) is 0 Å². The van der Waals surface area contributed by atoms with Crippen LogP contribution in [-0.2, 0) is 0 Å². The van der Waals surface area contributed by atoms with Crippen LogP contribution in [0, 0.1) is 0 Å². The number of nitrogens with zero attached hydrogens (tertiary/aromatic N) is 2. The highest BCUT2D eigenvalue weighted by Crippen LogP contribution is 2.01. The number of rotatable bonds is 2. The monoisotopic (exact) mass is 193 g/mol. The lowest BCUT2D eigenvalue weighted by atomic mass is 10.2. The van der Waals surface area contributed by atoms with Gasteiger partial charge >= 0.3 is 0 Å². The van der Waals surface area contributed by atoms with E-state index >= 15 is 0 Å². The molecule has 0 aromatic carbocycles. The lowest BCUT2D eigenvalue weighted by Crippen LogP contribution is -2.23. The minimum atomic E-state index is -0.554. The first-order valence-corrected chi connectivity index (χ1v) is 4.00. The molecule has 0 saturated heterocycles. The Morgan fingerprint density at radius 1 is 1.36 bits per heavy atom. The number of pyridine rings is 1. The number of aromatic nitrogens is 1. The number of hydrogen-bond donors (Lipinski definition) is 1. The third-order valence-electron chi connectivity index (χ3n) is 1.67. The molecular weight excluding hydrogens is 182 g/mol. The molecule has 1 aromatic heterocycles. The Kier molecular flexibility index (Phi) is 2.81. The molecule has 0 atom stereocenters. The van der Waals surface area contributed by atoms with E-state index in [1.54, 1.807) is 14.1 Å². The number of amides is 2. The van der Waals surface area contributed by atoms with Crippen LogP contribution in [-0.4, -0.2) is 35.8 Å². The topological polar surface area (TPSA) is 76.3 Å². The van der Waals surface area contributed by atoms with Gasteiger partial charge in [-0.25, -0.2) is 0 Å². The third-order valence-corrected chi connectivity index (χ3v) is 1.67. The van der Waals surface area contributed by atoms with Crippen LogP contribution in [0.5, 0.6) is 0 Å². The van der Waals surface area contributed by atoms with Gasteiger partial charge in [-0.2, -0.15) is 0 Å². The second-order valence-corrected chi connectivity index (χ2v) is 3.00. The summed E-state index contributed by atoms with van der Waals surface area (Å²) in [4.78, 5) is 27.3. The summed E-state index contributed by atoms with van der Waals surface area (Å²) in [5.41, 5.74) is 5.61. The van der Waals surface area contributed by atoms with E-state index in [2.05, 4.69) is 4.98 Å². The molecule has 0 fully saturated rings. The van der Waals surface area contributed by atoms with Crippen molar-refractivity contribution < 1.29 is 9.59 Å². The zero-order chi connectivity index (χ0) is 10.7. The molecule has 1 aromatic rings. The van der Waals surface area contributed by atoms with Crippen LogP contribution >= 0.6 is 0 Å². The maximum atomic E-state index is 11.4. The van der Waals surface area contributed by atoms with E-state index in [4.69, 9.17) is 5.73 Å². The van der Waals surface area contributed by atoms with Crippen molar-refractivity contribution in [1.82, 2.24) is 9.88 Å². The quantitative estimate of drug-likeness (QED) is 0.711. The molecule has 0 aliphatic carbocycles. The van der Waals surface area contributed by atoms with Gasteiger partial charge < -0.3 is 10.6 Å². The Bertz CT molecular complexity index is 357. The largest absolute Gasteiger partial charge is 0.366 e. The van der Waals surface area contributed by atoms with E-state index in [-0.39, 0.29) is 5.91 Å². The number of hydrogen-bond acceptors (Lipinski definition) is 3. The van der Waals surface area contributed by atoms with Crippen molar-refractivity contribution in [1.29, 1.82) is 0 Å². The minimum Gasteiger partial charge on any atom is -0.366 e. The van der Waals surface area contributed by atoms with E-state index in [0.29, 0.717) is 11.3 Å². The molecule has 2 amide bonds. The summed E-state index contributed by atoms with van der Waals surface area (Å²) in [7, 11) is 3.26. The fraction of sp³-hybridized carbons (Fsp3) is 0.222. The first kappa shape index (κ1) is 10.2. The molecule has 0 aliphatic heterocycles. The lowest BCUT2D eigenvalue weighted by molar-refractivity contribution is 0.0821. The van der Waals surface area contributed by atoms with E-state index in [0.717, 1.165) is 0 Å². The Morgan fingerprint density at radius 3 is 2.36 bits per heavy atom. The molecular formula is C9H11N3O2. The summed E-state index contributed by atoms with van der Waals surface area (Å²) in [5.74, 6) is -0.762. The highest BCUT2D eigenvalue weighted by atomic mass is 16.2. The molecule has 0 bridgehead atoms. The van der Waals surface area contributed by atoms with Crippen molar-refractivity contribution in [3.63, 3.8) is 0 Å². The smallest absolute Gasteiger partial charge is 0.271 e. The van der Waals surface area contributed by atoms with Gasteiger partial charge in [0, 0.05) is 20.3 Å². The van der Waals surface area contributed by atoms with Crippen LogP contribution in [0.2, 0.25) is 0 Å². The maximum absolute atomic E-state index is 11.4. The molecule has 1 rings (SSSR count). The third kappa shape index (κ3) is 2.07. The molecule has 0 spiro atoms. The molecule has 1 heterocycles. The van der Waals surface area contributed by atoms with Crippen molar-refractivity contribution in [2.45, 2.75) is 0 Å². The first-order valence-electron chi connectivity index (χ1n) is 4.00. The predicted molar refractivity (Wildman–Crippen MR) is 50.8 cm³/mol. The molecule has 0 radical (unpaired) electrons. The highest BCUT2D eigenvalue weighted by molar-refractivity contribution is 5.95. The van der Waals surface area contributed by atoms with Crippen molar-refractivity contribution in [3.8, 4) is 0 Å². The van der Waals surface area contributed by atoms with Gasteiger partial charge in [-0.3, -0.25) is 14.6 Å². The van der Waals surface area contributed by atoms with E-state index in [1.165, 1.54) is 23.2 Å². The van der Waals surface area contributed by atoms with Gasteiger partial charge in [0.15, 0.2) is 0 Å². The van der Waals surface area contributed by atoms with Gasteiger partial charge in [0.1, 0.15) is 5.69 Å². The zero-order valence-electron chi connectivity index (χ0n) is 8.02.